The molecule has 37 heavy (non-hydrogen) atoms. The van der Waals surface area contributed by atoms with Gasteiger partial charge in [0.2, 0.25) is 11.8 Å². The summed E-state index contributed by atoms with van der Waals surface area (Å²) in [6, 6.07) is 5.04. The average molecular weight is 517 g/mol. The quantitative estimate of drug-likeness (QED) is 0.601. The third kappa shape index (κ3) is 7.00. The number of nitrogens with one attached hydrogen (secondary N) is 1. The van der Waals surface area contributed by atoms with E-state index < -0.39 is 11.5 Å². The maximum absolute atomic E-state index is 15.0. The summed E-state index contributed by atoms with van der Waals surface area (Å²) in [6.45, 7) is 13.7. The minimum absolute atomic E-state index is 0.216. The predicted octanol–water partition coefficient (Wildman–Crippen LogP) is 3.75. The Balaban J connectivity index is 1.23. The Morgan fingerprint density at radius 2 is 1.76 bits per heavy atom. The van der Waals surface area contributed by atoms with Crippen molar-refractivity contribution in [2.75, 3.05) is 50.7 Å². The lowest BCUT2D eigenvalue weighted by molar-refractivity contribution is -0.134. The van der Waals surface area contributed by atoms with Crippen LogP contribution in [0.4, 0.5) is 14.9 Å². The van der Waals surface area contributed by atoms with Crippen molar-refractivity contribution in [1.82, 2.24) is 15.1 Å². The fraction of sp³-hybridized carbons (Fsp3) is 0.679. The van der Waals surface area contributed by atoms with E-state index in [9.17, 15) is 14.4 Å². The average Bonchev–Trinajstić information content (AvgIpc) is 2.84. The summed E-state index contributed by atoms with van der Waals surface area (Å²) >= 11 is 0. The first kappa shape index (κ1) is 27.4. The summed E-state index contributed by atoms with van der Waals surface area (Å²) in [7, 11) is 0. The third-order valence-electron chi connectivity index (χ3n) is 7.87. The van der Waals surface area contributed by atoms with Crippen LogP contribution >= 0.6 is 0 Å². The van der Waals surface area contributed by atoms with E-state index in [0.717, 1.165) is 58.7 Å². The van der Waals surface area contributed by atoms with Crippen LogP contribution in [0.1, 0.15) is 64.9 Å². The highest BCUT2D eigenvalue weighted by Crippen LogP contribution is 2.30. The van der Waals surface area contributed by atoms with Gasteiger partial charge in [0.05, 0.1) is 11.6 Å². The van der Waals surface area contributed by atoms with Gasteiger partial charge in [0.1, 0.15) is 11.4 Å². The molecule has 0 radical (unpaired) electrons. The number of hydrogen-bond donors (Lipinski definition) is 1. The number of hydrogen-bond acceptors (Lipinski definition) is 6. The van der Waals surface area contributed by atoms with Crippen molar-refractivity contribution in [2.24, 2.45) is 11.8 Å². The van der Waals surface area contributed by atoms with Gasteiger partial charge in [-0.15, -0.1) is 0 Å². The normalized spacial score (nSPS) is 23.1. The molecule has 2 atom stereocenters. The molecule has 0 bridgehead atoms. The molecule has 0 spiro atoms. The second-order valence-electron chi connectivity index (χ2n) is 11.8. The Bertz CT molecular complexity index is 994. The van der Waals surface area contributed by atoms with E-state index in [1.54, 1.807) is 6.07 Å². The van der Waals surface area contributed by atoms with Crippen LogP contribution in [0.3, 0.4) is 0 Å². The number of halogens is 1. The van der Waals surface area contributed by atoms with E-state index in [2.05, 4.69) is 22.0 Å². The van der Waals surface area contributed by atoms with E-state index in [-0.39, 0.29) is 30.1 Å². The highest BCUT2D eigenvalue weighted by Gasteiger charge is 2.31. The van der Waals surface area contributed by atoms with Gasteiger partial charge in [-0.1, -0.05) is 13.0 Å². The Labute approximate surface area is 219 Å². The number of piperidine rings is 2. The molecule has 0 saturated carbocycles. The summed E-state index contributed by atoms with van der Waals surface area (Å²) in [4.78, 5) is 42.2. The fourth-order valence-corrected chi connectivity index (χ4v) is 5.71. The van der Waals surface area contributed by atoms with Crippen molar-refractivity contribution in [3.05, 3.63) is 29.6 Å². The lowest BCUT2D eigenvalue weighted by Crippen LogP contribution is -2.49. The van der Waals surface area contributed by atoms with Crippen molar-refractivity contribution in [3.63, 3.8) is 0 Å². The molecular weight excluding hydrogens is 475 g/mol. The third-order valence-corrected chi connectivity index (χ3v) is 7.87. The monoisotopic (exact) mass is 516 g/mol. The van der Waals surface area contributed by atoms with Crippen molar-refractivity contribution in [2.45, 2.75) is 64.9 Å². The number of piperazine rings is 1. The number of likely N-dealkylation sites (tertiary alicyclic amines) is 1. The zero-order valence-corrected chi connectivity index (χ0v) is 22.6. The standard InChI is InChI=1S/C28H41FN4O4/c1-19(20-9-11-33(12-10-20)27(36)37-28(2,3)4)18-31-13-15-32(16-14-31)24-7-5-21(17-23(24)29)22-6-8-25(34)30-26(22)35/h5,7,17,19-20,22H,6,8-16,18H2,1-4H3,(H,30,34,35)/t19-,22?/m0/s1. The molecule has 1 aromatic rings. The van der Waals surface area contributed by atoms with Gasteiger partial charge in [-0.05, 0) is 69.6 Å². The number of amides is 3. The van der Waals surface area contributed by atoms with E-state index in [4.69, 9.17) is 4.74 Å². The van der Waals surface area contributed by atoms with Crippen molar-refractivity contribution in [3.8, 4) is 0 Å². The minimum Gasteiger partial charge on any atom is -0.444 e. The molecule has 1 aromatic carbocycles. The number of carbonyl (C=O) groups excluding carboxylic acids is 3. The number of nitrogens with zero attached hydrogens (tertiary/aromatic N) is 3. The zero-order valence-electron chi connectivity index (χ0n) is 22.6. The van der Waals surface area contributed by atoms with Gasteiger partial charge in [-0.25, -0.2) is 9.18 Å². The number of benzene rings is 1. The first-order valence-corrected chi connectivity index (χ1v) is 13.6. The Kier molecular flexibility index (Phi) is 8.41. The molecule has 3 amide bonds. The molecule has 0 aliphatic carbocycles. The predicted molar refractivity (Wildman–Crippen MR) is 140 cm³/mol. The molecule has 3 heterocycles. The van der Waals surface area contributed by atoms with E-state index in [1.165, 1.54) is 6.07 Å². The minimum atomic E-state index is -0.476. The summed E-state index contributed by atoms with van der Waals surface area (Å²) < 4.78 is 20.5. The molecule has 3 aliphatic rings. The number of anilines is 1. The molecule has 1 unspecified atom stereocenters. The van der Waals surface area contributed by atoms with Gasteiger partial charge in [0.25, 0.3) is 0 Å². The number of carbonyl (C=O) groups is 3. The van der Waals surface area contributed by atoms with Crippen LogP contribution in [0, 0.1) is 17.7 Å². The number of imide groups is 1. The Morgan fingerprint density at radius 1 is 1.08 bits per heavy atom. The lowest BCUT2D eigenvalue weighted by atomic mass is 9.85. The van der Waals surface area contributed by atoms with Crippen molar-refractivity contribution >= 4 is 23.6 Å². The van der Waals surface area contributed by atoms with Gasteiger partial charge in [-0.2, -0.15) is 0 Å². The maximum atomic E-state index is 15.0. The molecule has 0 aromatic heterocycles. The van der Waals surface area contributed by atoms with Gasteiger partial charge >= 0.3 is 6.09 Å². The largest absolute Gasteiger partial charge is 0.444 e. The molecular formula is C28H41FN4O4. The molecule has 204 valence electrons. The lowest BCUT2D eigenvalue weighted by Gasteiger charge is -2.40. The van der Waals surface area contributed by atoms with E-state index in [1.807, 2.05) is 31.7 Å². The Hall–Kier alpha value is -2.68. The second kappa shape index (κ2) is 11.4. The van der Waals surface area contributed by atoms with Crippen molar-refractivity contribution in [1.29, 1.82) is 0 Å². The van der Waals surface area contributed by atoms with Crippen LogP contribution in [0.15, 0.2) is 18.2 Å². The molecule has 4 rings (SSSR count). The van der Waals surface area contributed by atoms with Crippen LogP contribution < -0.4 is 10.2 Å². The van der Waals surface area contributed by atoms with Crippen LogP contribution in [0.5, 0.6) is 0 Å². The first-order valence-electron chi connectivity index (χ1n) is 13.6. The van der Waals surface area contributed by atoms with Gasteiger partial charge < -0.3 is 14.5 Å². The second-order valence-corrected chi connectivity index (χ2v) is 11.8. The number of rotatable bonds is 5. The molecule has 1 N–H and O–H groups in total. The maximum Gasteiger partial charge on any atom is 0.410 e. The van der Waals surface area contributed by atoms with Crippen LogP contribution in [-0.2, 0) is 14.3 Å². The van der Waals surface area contributed by atoms with E-state index >= 15 is 4.39 Å². The number of ether oxygens (including phenoxy) is 1. The van der Waals surface area contributed by atoms with Crippen LogP contribution in [-0.4, -0.2) is 79.1 Å². The first-order chi connectivity index (χ1) is 17.5. The summed E-state index contributed by atoms with van der Waals surface area (Å²) in [6.07, 6.45) is 2.46. The van der Waals surface area contributed by atoms with Gasteiger partial charge in [0, 0.05) is 52.2 Å². The van der Waals surface area contributed by atoms with Gasteiger partial charge in [-0.3, -0.25) is 19.8 Å². The molecule has 3 aliphatic heterocycles. The SMILES string of the molecule is C[C@@H](CN1CCN(c2ccc(C3CCC(=O)NC3=O)cc2F)CC1)C1CCN(C(=O)OC(C)(C)C)CC1. The zero-order chi connectivity index (χ0) is 26.7. The summed E-state index contributed by atoms with van der Waals surface area (Å²) in [5, 5.41) is 2.35. The highest BCUT2D eigenvalue weighted by molar-refractivity contribution is 6.00. The summed E-state index contributed by atoms with van der Waals surface area (Å²) in [5.41, 5.74) is 0.719. The van der Waals surface area contributed by atoms with Crippen LogP contribution in [0.25, 0.3) is 0 Å². The Morgan fingerprint density at radius 3 is 2.35 bits per heavy atom. The molecule has 8 nitrogen and oxygen atoms in total. The molecule has 3 fully saturated rings. The topological polar surface area (TPSA) is 82.2 Å². The fourth-order valence-electron chi connectivity index (χ4n) is 5.71. The molecule has 3 saturated heterocycles. The van der Waals surface area contributed by atoms with Crippen molar-refractivity contribution < 1.29 is 23.5 Å². The molecule has 9 heteroatoms. The van der Waals surface area contributed by atoms with Gasteiger partial charge in [0.15, 0.2) is 0 Å². The van der Waals surface area contributed by atoms with E-state index in [0.29, 0.717) is 29.5 Å². The smallest absolute Gasteiger partial charge is 0.410 e. The highest BCUT2D eigenvalue weighted by atomic mass is 19.1. The van der Waals surface area contributed by atoms with Crippen LogP contribution in [0.2, 0.25) is 0 Å². The summed E-state index contributed by atoms with van der Waals surface area (Å²) in [5.74, 6) is -0.305.